The van der Waals surface area contributed by atoms with Crippen LogP contribution in [0.25, 0.3) is 10.9 Å². The highest BCUT2D eigenvalue weighted by Crippen LogP contribution is 2.22. The minimum Gasteiger partial charge on any atom is -0.340 e. The average molecular weight is 286 g/mol. The van der Waals surface area contributed by atoms with Crippen LogP contribution in [0.5, 0.6) is 0 Å². The number of aromatic nitrogens is 3. The molecule has 0 atom stereocenters. The summed E-state index contributed by atoms with van der Waals surface area (Å²) in [4.78, 5) is 12.3. The van der Waals surface area contributed by atoms with Gasteiger partial charge in [-0.25, -0.2) is 4.39 Å². The third-order valence-electron chi connectivity index (χ3n) is 3.48. The number of amides is 1. The van der Waals surface area contributed by atoms with Crippen molar-refractivity contribution in [3.8, 4) is 0 Å². The highest BCUT2D eigenvalue weighted by Gasteiger charge is 2.15. The first-order valence-electron chi connectivity index (χ1n) is 6.68. The van der Waals surface area contributed by atoms with E-state index in [9.17, 15) is 9.18 Å². The predicted molar refractivity (Wildman–Crippen MR) is 78.7 cm³/mol. The van der Waals surface area contributed by atoms with Crippen LogP contribution in [0.4, 0.5) is 10.1 Å². The zero-order valence-electron chi connectivity index (χ0n) is 11.8. The van der Waals surface area contributed by atoms with Crippen molar-refractivity contribution >= 4 is 22.5 Å². The fourth-order valence-electron chi connectivity index (χ4n) is 2.34. The summed E-state index contributed by atoms with van der Waals surface area (Å²) >= 11 is 0. The van der Waals surface area contributed by atoms with E-state index in [1.54, 1.807) is 46.9 Å². The summed E-state index contributed by atoms with van der Waals surface area (Å²) in [5, 5.41) is 7.30. The van der Waals surface area contributed by atoms with Crippen molar-refractivity contribution in [2.75, 3.05) is 5.32 Å². The summed E-state index contributed by atoms with van der Waals surface area (Å²) in [7, 11) is 1.74. The summed E-state index contributed by atoms with van der Waals surface area (Å²) in [5.41, 5.74) is 1.70. The van der Waals surface area contributed by atoms with Crippen LogP contribution in [0.3, 0.4) is 0 Å². The molecule has 108 valence electrons. The molecule has 0 bridgehead atoms. The summed E-state index contributed by atoms with van der Waals surface area (Å²) in [6.45, 7) is 2.69. The lowest BCUT2D eigenvalue weighted by Gasteiger charge is -2.04. The molecule has 0 fully saturated rings. The van der Waals surface area contributed by atoms with Crippen LogP contribution < -0.4 is 5.32 Å². The van der Waals surface area contributed by atoms with E-state index in [1.807, 2.05) is 6.92 Å². The van der Waals surface area contributed by atoms with E-state index in [1.165, 1.54) is 6.07 Å². The maximum atomic E-state index is 13.8. The standard InChI is InChI=1S/C15H15FN4O/c1-3-20-9-10(8-17-20)18-15(21)14-7-11-12(16)5-4-6-13(11)19(14)2/h4-9H,3H2,1-2H3,(H,18,21). The van der Waals surface area contributed by atoms with E-state index in [-0.39, 0.29) is 11.7 Å². The Labute approximate surface area is 121 Å². The second-order valence-electron chi connectivity index (χ2n) is 4.80. The second kappa shape index (κ2) is 5.05. The van der Waals surface area contributed by atoms with Crippen LogP contribution in [-0.2, 0) is 13.6 Å². The molecule has 2 heterocycles. The number of hydrogen-bond donors (Lipinski definition) is 1. The van der Waals surface area contributed by atoms with Gasteiger partial charge >= 0.3 is 0 Å². The lowest BCUT2D eigenvalue weighted by molar-refractivity contribution is 0.102. The second-order valence-corrected chi connectivity index (χ2v) is 4.80. The fraction of sp³-hybridized carbons (Fsp3) is 0.200. The Balaban J connectivity index is 1.94. The number of nitrogens with zero attached hydrogens (tertiary/aromatic N) is 3. The number of carbonyl (C=O) groups excluding carboxylic acids is 1. The van der Waals surface area contributed by atoms with E-state index in [2.05, 4.69) is 10.4 Å². The smallest absolute Gasteiger partial charge is 0.272 e. The van der Waals surface area contributed by atoms with E-state index >= 15 is 0 Å². The first-order chi connectivity index (χ1) is 10.1. The van der Waals surface area contributed by atoms with Gasteiger partial charge in [0.2, 0.25) is 0 Å². The number of hydrogen-bond acceptors (Lipinski definition) is 2. The van der Waals surface area contributed by atoms with Crippen molar-refractivity contribution in [3.63, 3.8) is 0 Å². The maximum Gasteiger partial charge on any atom is 0.272 e. The number of aryl methyl sites for hydroxylation is 2. The molecule has 0 spiro atoms. The molecule has 0 saturated carbocycles. The topological polar surface area (TPSA) is 51.9 Å². The number of halogens is 1. The molecule has 0 aliphatic rings. The fourth-order valence-corrected chi connectivity index (χ4v) is 2.34. The lowest BCUT2D eigenvalue weighted by Crippen LogP contribution is -2.15. The van der Waals surface area contributed by atoms with E-state index in [4.69, 9.17) is 0 Å². The van der Waals surface area contributed by atoms with Gasteiger partial charge in [0.05, 0.1) is 17.4 Å². The third-order valence-corrected chi connectivity index (χ3v) is 3.48. The molecule has 0 aliphatic carbocycles. The third kappa shape index (κ3) is 2.29. The van der Waals surface area contributed by atoms with Crippen LogP contribution >= 0.6 is 0 Å². The Morgan fingerprint density at radius 1 is 1.43 bits per heavy atom. The summed E-state index contributed by atoms with van der Waals surface area (Å²) in [6.07, 6.45) is 3.34. The van der Waals surface area contributed by atoms with Crippen molar-refractivity contribution in [2.24, 2.45) is 7.05 Å². The molecule has 6 heteroatoms. The molecule has 0 aliphatic heterocycles. The van der Waals surface area contributed by atoms with Gasteiger partial charge in [0, 0.05) is 25.2 Å². The SMILES string of the molecule is CCn1cc(NC(=O)c2cc3c(F)cccc3n2C)cn1. The first-order valence-corrected chi connectivity index (χ1v) is 6.68. The average Bonchev–Trinajstić information content (AvgIpc) is 3.05. The summed E-state index contributed by atoms with van der Waals surface area (Å²) < 4.78 is 17.2. The quantitative estimate of drug-likeness (QED) is 0.805. The minimum atomic E-state index is -0.332. The summed E-state index contributed by atoms with van der Waals surface area (Å²) in [6, 6.07) is 6.36. The Hall–Kier alpha value is -2.63. The molecular weight excluding hydrogens is 271 g/mol. The summed E-state index contributed by atoms with van der Waals surface area (Å²) in [5.74, 6) is -0.621. The lowest BCUT2D eigenvalue weighted by atomic mass is 10.2. The van der Waals surface area contributed by atoms with Crippen molar-refractivity contribution in [3.05, 3.63) is 48.2 Å². The van der Waals surface area contributed by atoms with Crippen LogP contribution in [0, 0.1) is 5.82 Å². The molecule has 1 aromatic carbocycles. The zero-order chi connectivity index (χ0) is 15.0. The van der Waals surface area contributed by atoms with Crippen LogP contribution in [0.15, 0.2) is 36.7 Å². The van der Waals surface area contributed by atoms with Crippen LogP contribution in [0.1, 0.15) is 17.4 Å². The maximum absolute atomic E-state index is 13.8. The van der Waals surface area contributed by atoms with Crippen molar-refractivity contribution in [1.29, 1.82) is 0 Å². The molecule has 5 nitrogen and oxygen atoms in total. The van der Waals surface area contributed by atoms with Crippen molar-refractivity contribution < 1.29 is 9.18 Å². The molecule has 1 amide bonds. The van der Waals surface area contributed by atoms with Gasteiger partial charge in [-0.1, -0.05) is 6.07 Å². The van der Waals surface area contributed by atoms with Crippen molar-refractivity contribution in [1.82, 2.24) is 14.3 Å². The van der Waals surface area contributed by atoms with Gasteiger partial charge in [0.15, 0.2) is 0 Å². The number of nitrogens with one attached hydrogen (secondary N) is 1. The Kier molecular flexibility index (Phi) is 3.21. The monoisotopic (exact) mass is 286 g/mol. The largest absolute Gasteiger partial charge is 0.340 e. The molecule has 1 N–H and O–H groups in total. The number of benzene rings is 1. The van der Waals surface area contributed by atoms with E-state index in [0.717, 1.165) is 6.54 Å². The molecule has 0 saturated heterocycles. The normalized spacial score (nSPS) is 11.0. The van der Waals surface area contributed by atoms with E-state index < -0.39 is 0 Å². The Morgan fingerprint density at radius 2 is 2.24 bits per heavy atom. The van der Waals surface area contributed by atoms with Gasteiger partial charge in [0.25, 0.3) is 5.91 Å². The first kappa shape index (κ1) is 13.4. The van der Waals surface area contributed by atoms with Gasteiger partial charge < -0.3 is 9.88 Å². The highest BCUT2D eigenvalue weighted by atomic mass is 19.1. The Morgan fingerprint density at radius 3 is 2.90 bits per heavy atom. The van der Waals surface area contributed by atoms with Gasteiger partial charge in [0.1, 0.15) is 11.5 Å². The van der Waals surface area contributed by atoms with Crippen LogP contribution in [-0.4, -0.2) is 20.3 Å². The van der Waals surface area contributed by atoms with Crippen LogP contribution in [0.2, 0.25) is 0 Å². The molecule has 3 aromatic rings. The molecule has 2 aromatic heterocycles. The number of carbonyl (C=O) groups is 1. The van der Waals surface area contributed by atoms with Gasteiger partial charge in [-0.3, -0.25) is 9.48 Å². The van der Waals surface area contributed by atoms with Gasteiger partial charge in [-0.05, 0) is 25.1 Å². The highest BCUT2D eigenvalue weighted by molar-refractivity contribution is 6.06. The molecular formula is C15H15FN4O. The minimum absolute atomic E-state index is 0.288. The van der Waals surface area contributed by atoms with Crippen molar-refractivity contribution in [2.45, 2.75) is 13.5 Å². The number of fused-ring (bicyclic) bond motifs is 1. The molecule has 0 radical (unpaired) electrons. The van der Waals surface area contributed by atoms with Gasteiger partial charge in [-0.2, -0.15) is 5.10 Å². The molecule has 21 heavy (non-hydrogen) atoms. The van der Waals surface area contributed by atoms with Gasteiger partial charge in [-0.15, -0.1) is 0 Å². The number of anilines is 1. The predicted octanol–water partition coefficient (Wildman–Crippen LogP) is 2.79. The van der Waals surface area contributed by atoms with E-state index in [0.29, 0.717) is 22.3 Å². The molecule has 3 rings (SSSR count). The zero-order valence-corrected chi connectivity index (χ0v) is 11.8. The molecule has 0 unspecified atom stereocenters. The Bertz CT molecular complexity index is 818. The number of rotatable bonds is 3.